The molecule has 0 aliphatic carbocycles. The van der Waals surface area contributed by atoms with Crippen molar-refractivity contribution in [2.24, 2.45) is 4.99 Å². The van der Waals surface area contributed by atoms with E-state index in [4.69, 9.17) is 4.42 Å². The highest BCUT2D eigenvalue weighted by Crippen LogP contribution is 2.24. The fourth-order valence-corrected chi connectivity index (χ4v) is 2.48. The van der Waals surface area contributed by atoms with Crippen LogP contribution in [0.2, 0.25) is 0 Å². The molecule has 0 aliphatic rings. The van der Waals surface area contributed by atoms with Gasteiger partial charge in [0.25, 0.3) is 0 Å². The minimum Gasteiger partial charge on any atom is -0.455 e. The topological polar surface area (TPSA) is 25.5 Å². The average Bonchev–Trinajstić information content (AvgIpc) is 3.09. The van der Waals surface area contributed by atoms with Crippen LogP contribution in [0, 0.1) is 5.82 Å². The van der Waals surface area contributed by atoms with E-state index in [0.29, 0.717) is 23.0 Å². The number of halogens is 1. The molecule has 3 aromatic rings. The van der Waals surface area contributed by atoms with Gasteiger partial charge in [-0.2, -0.15) is 0 Å². The Morgan fingerprint density at radius 2 is 1.88 bits per heavy atom. The van der Waals surface area contributed by atoms with Crippen molar-refractivity contribution in [3.8, 4) is 11.3 Å². The highest BCUT2D eigenvalue weighted by atomic mass is 19.1. The van der Waals surface area contributed by atoms with E-state index in [1.54, 1.807) is 12.3 Å². The molecule has 2 aromatic carbocycles. The maximum atomic E-state index is 13.3. The van der Waals surface area contributed by atoms with Gasteiger partial charge in [-0.3, -0.25) is 4.99 Å². The van der Waals surface area contributed by atoms with Crippen molar-refractivity contribution in [3.05, 3.63) is 77.8 Å². The van der Waals surface area contributed by atoms with Crippen LogP contribution >= 0.6 is 0 Å². The summed E-state index contributed by atoms with van der Waals surface area (Å²) in [5.74, 6) is 1.55. The molecular weight excluding hydrogens is 301 g/mol. The fourth-order valence-electron chi connectivity index (χ4n) is 2.48. The van der Waals surface area contributed by atoms with Crippen LogP contribution in [0.5, 0.6) is 0 Å². The summed E-state index contributed by atoms with van der Waals surface area (Å²) >= 11 is 0. The van der Waals surface area contributed by atoms with E-state index in [9.17, 15) is 4.39 Å². The summed E-state index contributed by atoms with van der Waals surface area (Å²) in [5, 5.41) is 0. The van der Waals surface area contributed by atoms with Gasteiger partial charge in [-0.05, 0) is 54.3 Å². The van der Waals surface area contributed by atoms with Crippen LogP contribution in [0.3, 0.4) is 0 Å². The van der Waals surface area contributed by atoms with Crippen LogP contribution in [0.25, 0.3) is 11.3 Å². The molecule has 1 aromatic heterocycles. The Labute approximate surface area is 141 Å². The number of aliphatic imine (C=N–C) groups is 1. The number of nitrogens with zero attached hydrogens (tertiary/aromatic N) is 1. The third-order valence-corrected chi connectivity index (χ3v) is 4.15. The second kappa shape index (κ2) is 7.26. The summed E-state index contributed by atoms with van der Waals surface area (Å²) < 4.78 is 19.0. The summed E-state index contributed by atoms with van der Waals surface area (Å²) in [6.45, 7) is 4.40. The molecule has 122 valence electrons. The first-order valence-electron chi connectivity index (χ1n) is 8.15. The van der Waals surface area contributed by atoms with Gasteiger partial charge in [0.2, 0.25) is 0 Å². The number of hydrogen-bond acceptors (Lipinski definition) is 2. The maximum absolute atomic E-state index is 13.3. The molecule has 0 saturated heterocycles. The zero-order chi connectivity index (χ0) is 16.9. The van der Waals surface area contributed by atoms with Crippen LogP contribution in [0.15, 0.2) is 70.1 Å². The molecule has 1 heterocycles. The zero-order valence-electron chi connectivity index (χ0n) is 13.9. The lowest BCUT2D eigenvalue weighted by Crippen LogP contribution is -1.89. The monoisotopic (exact) mass is 321 g/mol. The summed E-state index contributed by atoms with van der Waals surface area (Å²) in [4.78, 5) is 4.43. The molecule has 0 N–H and O–H groups in total. The Bertz CT molecular complexity index is 833. The molecule has 0 saturated carbocycles. The highest BCUT2D eigenvalue weighted by molar-refractivity contribution is 5.79. The number of furan rings is 1. The predicted octanol–water partition coefficient (Wildman–Crippen LogP) is 6.35. The van der Waals surface area contributed by atoms with Crippen LogP contribution in [-0.2, 0) is 0 Å². The van der Waals surface area contributed by atoms with Gasteiger partial charge < -0.3 is 4.42 Å². The molecule has 0 fully saturated rings. The Balaban J connectivity index is 1.73. The van der Waals surface area contributed by atoms with Gasteiger partial charge >= 0.3 is 0 Å². The SMILES string of the molecule is CC[C@H](C)c1ccc(N=Cc2ccc(-c3cccc(F)c3)o2)cc1. The molecule has 2 nitrogen and oxygen atoms in total. The lowest BCUT2D eigenvalue weighted by atomic mass is 9.99. The number of rotatable bonds is 5. The lowest BCUT2D eigenvalue weighted by molar-refractivity contribution is 0.573. The molecule has 0 radical (unpaired) electrons. The first kappa shape index (κ1) is 16.2. The standard InChI is InChI=1S/C21H20FNO/c1-3-15(2)16-7-9-19(10-8-16)23-14-20-11-12-21(24-20)17-5-4-6-18(22)13-17/h4-15H,3H2,1-2H3/t15-/m0/s1. The first-order chi connectivity index (χ1) is 11.7. The van der Waals surface area contributed by atoms with E-state index in [1.165, 1.54) is 17.7 Å². The Morgan fingerprint density at radius 1 is 1.08 bits per heavy atom. The van der Waals surface area contributed by atoms with Gasteiger partial charge in [-0.15, -0.1) is 0 Å². The van der Waals surface area contributed by atoms with Crippen LogP contribution < -0.4 is 0 Å². The minimum atomic E-state index is -0.277. The number of benzene rings is 2. The summed E-state index contributed by atoms with van der Waals surface area (Å²) in [5.41, 5.74) is 2.92. The molecule has 0 amide bonds. The molecule has 0 spiro atoms. The van der Waals surface area contributed by atoms with E-state index in [-0.39, 0.29) is 5.82 Å². The van der Waals surface area contributed by atoms with Crippen molar-refractivity contribution < 1.29 is 8.81 Å². The van der Waals surface area contributed by atoms with Gasteiger partial charge in [0.1, 0.15) is 17.3 Å². The van der Waals surface area contributed by atoms with Gasteiger partial charge in [-0.1, -0.05) is 38.1 Å². The van der Waals surface area contributed by atoms with Crippen molar-refractivity contribution >= 4 is 11.9 Å². The molecule has 24 heavy (non-hydrogen) atoms. The second-order valence-electron chi connectivity index (χ2n) is 5.87. The molecule has 0 aliphatic heterocycles. The van der Waals surface area contributed by atoms with Crippen molar-refractivity contribution in [2.75, 3.05) is 0 Å². The second-order valence-corrected chi connectivity index (χ2v) is 5.87. The molecule has 3 heteroatoms. The molecule has 3 rings (SSSR count). The number of hydrogen-bond donors (Lipinski definition) is 0. The quantitative estimate of drug-likeness (QED) is 0.503. The third-order valence-electron chi connectivity index (χ3n) is 4.15. The van der Waals surface area contributed by atoms with Gasteiger partial charge in [0.05, 0.1) is 11.9 Å². The summed E-state index contributed by atoms with van der Waals surface area (Å²) in [7, 11) is 0. The normalized spacial score (nSPS) is 12.6. The van der Waals surface area contributed by atoms with Gasteiger partial charge in [0, 0.05) is 5.56 Å². The van der Waals surface area contributed by atoms with Gasteiger partial charge in [0.15, 0.2) is 0 Å². The van der Waals surface area contributed by atoms with Crippen LogP contribution in [0.1, 0.15) is 37.5 Å². The fraction of sp³-hybridized carbons (Fsp3) is 0.190. The van der Waals surface area contributed by atoms with E-state index < -0.39 is 0 Å². The summed E-state index contributed by atoms with van der Waals surface area (Å²) in [6, 6.07) is 18.2. The van der Waals surface area contributed by atoms with E-state index in [0.717, 1.165) is 12.1 Å². The Kier molecular flexibility index (Phi) is 4.90. The largest absolute Gasteiger partial charge is 0.455 e. The Hall–Kier alpha value is -2.68. The van der Waals surface area contributed by atoms with E-state index >= 15 is 0 Å². The molecule has 0 bridgehead atoms. The van der Waals surface area contributed by atoms with Crippen molar-refractivity contribution in [2.45, 2.75) is 26.2 Å². The first-order valence-corrected chi connectivity index (χ1v) is 8.15. The van der Waals surface area contributed by atoms with Crippen LogP contribution in [-0.4, -0.2) is 6.21 Å². The molecular formula is C21H20FNO. The van der Waals surface area contributed by atoms with Crippen LogP contribution in [0.4, 0.5) is 10.1 Å². The van der Waals surface area contributed by atoms with E-state index in [1.807, 2.05) is 30.3 Å². The minimum absolute atomic E-state index is 0.277. The lowest BCUT2D eigenvalue weighted by Gasteiger charge is -2.08. The average molecular weight is 321 g/mol. The Morgan fingerprint density at radius 3 is 2.58 bits per heavy atom. The van der Waals surface area contributed by atoms with Crippen molar-refractivity contribution in [1.29, 1.82) is 0 Å². The third kappa shape index (κ3) is 3.80. The van der Waals surface area contributed by atoms with Gasteiger partial charge in [-0.25, -0.2) is 4.39 Å². The van der Waals surface area contributed by atoms with E-state index in [2.05, 4.69) is 31.0 Å². The summed E-state index contributed by atoms with van der Waals surface area (Å²) in [6.07, 6.45) is 2.80. The smallest absolute Gasteiger partial charge is 0.145 e. The molecule has 1 atom stereocenters. The van der Waals surface area contributed by atoms with Crippen molar-refractivity contribution in [3.63, 3.8) is 0 Å². The predicted molar refractivity (Wildman–Crippen MR) is 96.5 cm³/mol. The maximum Gasteiger partial charge on any atom is 0.145 e. The van der Waals surface area contributed by atoms with Crippen molar-refractivity contribution in [1.82, 2.24) is 0 Å². The zero-order valence-corrected chi connectivity index (χ0v) is 13.9. The highest BCUT2D eigenvalue weighted by Gasteiger charge is 2.05. The molecule has 0 unspecified atom stereocenters.